The van der Waals surface area contributed by atoms with Crippen molar-refractivity contribution in [2.45, 2.75) is 20.0 Å². The minimum atomic E-state index is -0.696. The third-order valence-corrected chi connectivity index (χ3v) is 2.35. The van der Waals surface area contributed by atoms with Gasteiger partial charge in [-0.3, -0.25) is 14.9 Å². The molecule has 104 valence electrons. The summed E-state index contributed by atoms with van der Waals surface area (Å²) < 4.78 is 5.32. The third kappa shape index (κ3) is 4.55. The average Bonchev–Trinajstić information content (AvgIpc) is 2.34. The number of ether oxygens (including phenoxy) is 1. The van der Waals surface area contributed by atoms with Crippen LogP contribution < -0.4 is 11.1 Å². The van der Waals surface area contributed by atoms with Crippen LogP contribution in [0.25, 0.3) is 0 Å². The van der Waals surface area contributed by atoms with Gasteiger partial charge in [-0.2, -0.15) is 0 Å². The predicted molar refractivity (Wildman–Crippen MR) is 71.2 cm³/mol. The van der Waals surface area contributed by atoms with E-state index in [0.717, 1.165) is 6.07 Å². The van der Waals surface area contributed by atoms with E-state index in [2.05, 4.69) is 5.32 Å². The SMILES string of the molecule is CC(C)OCCNc1ccc(C(N)=O)cc1[N+](=O)[O-]. The quantitative estimate of drug-likeness (QED) is 0.442. The maximum Gasteiger partial charge on any atom is 0.293 e. The van der Waals surface area contributed by atoms with E-state index in [4.69, 9.17) is 10.5 Å². The van der Waals surface area contributed by atoms with Crippen LogP contribution in [0.4, 0.5) is 11.4 Å². The first-order valence-corrected chi connectivity index (χ1v) is 5.85. The van der Waals surface area contributed by atoms with Crippen LogP contribution in [-0.4, -0.2) is 30.1 Å². The molecule has 1 aromatic carbocycles. The summed E-state index contributed by atoms with van der Waals surface area (Å²) >= 11 is 0. The number of rotatable bonds is 7. The van der Waals surface area contributed by atoms with Gasteiger partial charge in [-0.25, -0.2) is 0 Å². The van der Waals surface area contributed by atoms with E-state index in [-0.39, 0.29) is 17.4 Å². The monoisotopic (exact) mass is 267 g/mol. The van der Waals surface area contributed by atoms with Gasteiger partial charge in [-0.1, -0.05) is 0 Å². The second kappa shape index (κ2) is 6.69. The Bertz CT molecular complexity index is 474. The van der Waals surface area contributed by atoms with E-state index in [9.17, 15) is 14.9 Å². The molecule has 3 N–H and O–H groups in total. The molecule has 0 spiro atoms. The summed E-state index contributed by atoms with van der Waals surface area (Å²) in [4.78, 5) is 21.3. The Hall–Kier alpha value is -2.15. The Kier molecular flexibility index (Phi) is 5.25. The summed E-state index contributed by atoms with van der Waals surface area (Å²) in [6.45, 7) is 4.69. The molecule has 7 nitrogen and oxygen atoms in total. The van der Waals surface area contributed by atoms with Crippen molar-refractivity contribution in [1.82, 2.24) is 0 Å². The van der Waals surface area contributed by atoms with Crippen molar-refractivity contribution in [1.29, 1.82) is 0 Å². The van der Waals surface area contributed by atoms with Gasteiger partial charge >= 0.3 is 0 Å². The van der Waals surface area contributed by atoms with Crippen LogP contribution in [0.3, 0.4) is 0 Å². The summed E-state index contributed by atoms with van der Waals surface area (Å²) in [6.07, 6.45) is 0.106. The second-order valence-corrected chi connectivity index (χ2v) is 4.20. The van der Waals surface area contributed by atoms with Gasteiger partial charge in [0.1, 0.15) is 5.69 Å². The lowest BCUT2D eigenvalue weighted by Gasteiger charge is -2.10. The molecule has 7 heteroatoms. The van der Waals surface area contributed by atoms with Crippen molar-refractivity contribution in [3.63, 3.8) is 0 Å². The van der Waals surface area contributed by atoms with Gasteiger partial charge in [0.15, 0.2) is 0 Å². The van der Waals surface area contributed by atoms with Crippen molar-refractivity contribution < 1.29 is 14.5 Å². The van der Waals surface area contributed by atoms with E-state index < -0.39 is 10.8 Å². The minimum Gasteiger partial charge on any atom is -0.377 e. The van der Waals surface area contributed by atoms with Gasteiger partial charge in [-0.05, 0) is 26.0 Å². The lowest BCUT2D eigenvalue weighted by Crippen LogP contribution is -2.15. The predicted octanol–water partition coefficient (Wildman–Crippen LogP) is 1.53. The standard InChI is InChI=1S/C12H17N3O4/c1-8(2)19-6-5-14-10-4-3-9(12(13)16)7-11(10)15(17)18/h3-4,7-8,14H,5-6H2,1-2H3,(H2,13,16). The van der Waals surface area contributed by atoms with Crippen LogP contribution in [0.15, 0.2) is 18.2 Å². The molecule has 0 saturated heterocycles. The van der Waals surface area contributed by atoms with E-state index >= 15 is 0 Å². The topological polar surface area (TPSA) is 107 Å². The highest BCUT2D eigenvalue weighted by atomic mass is 16.6. The number of hydrogen-bond acceptors (Lipinski definition) is 5. The van der Waals surface area contributed by atoms with E-state index in [1.165, 1.54) is 12.1 Å². The number of anilines is 1. The lowest BCUT2D eigenvalue weighted by molar-refractivity contribution is -0.384. The highest BCUT2D eigenvalue weighted by Gasteiger charge is 2.16. The first-order chi connectivity index (χ1) is 8.91. The Balaban J connectivity index is 2.77. The Morgan fingerprint density at radius 3 is 2.74 bits per heavy atom. The van der Waals surface area contributed by atoms with Crippen LogP contribution in [-0.2, 0) is 4.74 Å². The smallest absolute Gasteiger partial charge is 0.293 e. The molecule has 0 aliphatic heterocycles. The van der Waals surface area contributed by atoms with E-state index in [0.29, 0.717) is 18.8 Å². The fourth-order valence-electron chi connectivity index (χ4n) is 1.47. The normalized spacial score (nSPS) is 10.5. The zero-order valence-corrected chi connectivity index (χ0v) is 10.9. The van der Waals surface area contributed by atoms with Gasteiger partial charge in [0.2, 0.25) is 5.91 Å². The maximum atomic E-state index is 11.0. The number of amides is 1. The molecule has 0 atom stereocenters. The van der Waals surface area contributed by atoms with Gasteiger partial charge in [0.25, 0.3) is 5.69 Å². The highest BCUT2D eigenvalue weighted by molar-refractivity contribution is 5.94. The summed E-state index contributed by atoms with van der Waals surface area (Å²) in [5.41, 5.74) is 5.35. The molecule has 1 rings (SSSR count). The summed E-state index contributed by atoms with van der Waals surface area (Å²) in [5, 5.41) is 13.8. The van der Waals surface area contributed by atoms with Gasteiger partial charge in [0, 0.05) is 18.2 Å². The number of nitrogens with two attached hydrogens (primary N) is 1. The first-order valence-electron chi connectivity index (χ1n) is 5.85. The number of nitro groups is 1. The Labute approximate surface area is 110 Å². The molecule has 0 aliphatic carbocycles. The Morgan fingerprint density at radius 1 is 1.53 bits per heavy atom. The molecule has 0 unspecified atom stereocenters. The number of benzene rings is 1. The largest absolute Gasteiger partial charge is 0.377 e. The van der Waals surface area contributed by atoms with E-state index in [1.807, 2.05) is 13.8 Å². The molecule has 0 fully saturated rings. The molecule has 19 heavy (non-hydrogen) atoms. The number of nitro benzene ring substituents is 1. The van der Waals surface area contributed by atoms with Gasteiger partial charge < -0.3 is 15.8 Å². The molecule has 0 bridgehead atoms. The highest BCUT2D eigenvalue weighted by Crippen LogP contribution is 2.25. The molecule has 0 aromatic heterocycles. The van der Waals surface area contributed by atoms with Crippen molar-refractivity contribution in [2.24, 2.45) is 5.73 Å². The summed E-state index contributed by atoms with van der Waals surface area (Å²) in [7, 11) is 0. The number of carbonyl (C=O) groups is 1. The molecular weight excluding hydrogens is 250 g/mol. The van der Waals surface area contributed by atoms with Crippen molar-refractivity contribution in [2.75, 3.05) is 18.5 Å². The molecular formula is C12H17N3O4. The number of nitrogens with zero attached hydrogens (tertiary/aromatic N) is 1. The molecule has 0 radical (unpaired) electrons. The molecule has 1 amide bonds. The molecule has 0 heterocycles. The zero-order valence-electron chi connectivity index (χ0n) is 10.9. The molecule has 0 aliphatic rings. The van der Waals surface area contributed by atoms with E-state index in [1.54, 1.807) is 0 Å². The van der Waals surface area contributed by atoms with Gasteiger partial charge in [0.05, 0.1) is 17.6 Å². The van der Waals surface area contributed by atoms with Crippen LogP contribution in [0.2, 0.25) is 0 Å². The number of hydrogen-bond donors (Lipinski definition) is 2. The first kappa shape index (κ1) is 14.9. The number of primary amides is 1. The number of carbonyl (C=O) groups excluding carboxylic acids is 1. The average molecular weight is 267 g/mol. The minimum absolute atomic E-state index is 0.106. The third-order valence-electron chi connectivity index (χ3n) is 2.35. The van der Waals surface area contributed by atoms with Gasteiger partial charge in [-0.15, -0.1) is 0 Å². The summed E-state index contributed by atoms with van der Waals surface area (Å²) in [6, 6.07) is 4.07. The fourth-order valence-corrected chi connectivity index (χ4v) is 1.47. The second-order valence-electron chi connectivity index (χ2n) is 4.20. The molecule has 0 saturated carbocycles. The van der Waals surface area contributed by atoms with Crippen LogP contribution in [0.1, 0.15) is 24.2 Å². The zero-order chi connectivity index (χ0) is 14.4. The summed E-state index contributed by atoms with van der Waals surface area (Å²) in [5.74, 6) is -0.696. The van der Waals surface area contributed by atoms with Crippen LogP contribution >= 0.6 is 0 Å². The van der Waals surface area contributed by atoms with Crippen LogP contribution in [0, 0.1) is 10.1 Å². The van der Waals surface area contributed by atoms with Crippen molar-refractivity contribution >= 4 is 17.3 Å². The lowest BCUT2D eigenvalue weighted by atomic mass is 10.1. The Morgan fingerprint density at radius 2 is 2.21 bits per heavy atom. The van der Waals surface area contributed by atoms with Crippen LogP contribution in [0.5, 0.6) is 0 Å². The maximum absolute atomic E-state index is 11.0. The fraction of sp³-hybridized carbons (Fsp3) is 0.417. The van der Waals surface area contributed by atoms with Crippen molar-refractivity contribution in [3.05, 3.63) is 33.9 Å². The number of nitrogens with one attached hydrogen (secondary N) is 1. The van der Waals surface area contributed by atoms with Crippen molar-refractivity contribution in [3.8, 4) is 0 Å². The molecule has 1 aromatic rings.